The van der Waals surface area contributed by atoms with Crippen molar-refractivity contribution in [2.75, 3.05) is 26.2 Å². The lowest BCUT2D eigenvalue weighted by Crippen LogP contribution is -2.55. The average molecular weight is 350 g/mol. The lowest BCUT2D eigenvalue weighted by molar-refractivity contribution is 0.0545. The summed E-state index contributed by atoms with van der Waals surface area (Å²) < 4.78 is 0. The predicted octanol–water partition coefficient (Wildman–Crippen LogP) is 2.32. The van der Waals surface area contributed by atoms with Gasteiger partial charge in [-0.2, -0.15) is 0 Å². The summed E-state index contributed by atoms with van der Waals surface area (Å²) >= 11 is 0. The summed E-state index contributed by atoms with van der Waals surface area (Å²) in [5, 5.41) is 0. The van der Waals surface area contributed by atoms with Gasteiger partial charge in [-0.05, 0) is 31.0 Å². The van der Waals surface area contributed by atoms with Crippen molar-refractivity contribution in [3.63, 3.8) is 0 Å². The van der Waals surface area contributed by atoms with Crippen molar-refractivity contribution in [2.24, 2.45) is 0 Å². The van der Waals surface area contributed by atoms with E-state index in [-0.39, 0.29) is 5.91 Å². The Hall–Kier alpha value is -2.21. The van der Waals surface area contributed by atoms with E-state index in [1.165, 1.54) is 11.1 Å². The summed E-state index contributed by atoms with van der Waals surface area (Å²) in [7, 11) is 0. The van der Waals surface area contributed by atoms with Crippen LogP contribution in [-0.2, 0) is 0 Å². The fraction of sp³-hybridized carbons (Fsp3) is 0.381. The molecular weight excluding hydrogens is 324 g/mol. The van der Waals surface area contributed by atoms with Crippen molar-refractivity contribution in [2.45, 2.75) is 25.6 Å². The SMILES string of the molecule is Cc1ccc(C(=O)N2CCN(C3CC(c4ccccc4)NN3)CC2)cc1. The highest BCUT2D eigenvalue weighted by molar-refractivity contribution is 5.94. The number of nitrogens with one attached hydrogen (secondary N) is 2. The van der Waals surface area contributed by atoms with E-state index < -0.39 is 0 Å². The second-order valence-corrected chi connectivity index (χ2v) is 7.20. The van der Waals surface area contributed by atoms with Crippen LogP contribution in [0.15, 0.2) is 54.6 Å². The zero-order valence-corrected chi connectivity index (χ0v) is 15.2. The van der Waals surface area contributed by atoms with Gasteiger partial charge < -0.3 is 4.90 Å². The fourth-order valence-electron chi connectivity index (χ4n) is 3.80. The maximum atomic E-state index is 12.7. The van der Waals surface area contributed by atoms with Crippen molar-refractivity contribution < 1.29 is 4.79 Å². The molecule has 5 heteroatoms. The molecule has 2 fully saturated rings. The van der Waals surface area contributed by atoms with E-state index in [9.17, 15) is 4.79 Å². The number of hydrazine groups is 1. The molecule has 2 aliphatic heterocycles. The first kappa shape index (κ1) is 17.2. The van der Waals surface area contributed by atoms with E-state index in [1.807, 2.05) is 42.2 Å². The van der Waals surface area contributed by atoms with Gasteiger partial charge in [-0.15, -0.1) is 0 Å². The molecule has 0 radical (unpaired) electrons. The highest BCUT2D eigenvalue weighted by atomic mass is 16.2. The van der Waals surface area contributed by atoms with Crippen molar-refractivity contribution >= 4 is 5.91 Å². The van der Waals surface area contributed by atoms with E-state index in [1.54, 1.807) is 0 Å². The molecule has 1 amide bonds. The molecule has 136 valence electrons. The van der Waals surface area contributed by atoms with E-state index in [0.717, 1.165) is 38.2 Å². The van der Waals surface area contributed by atoms with Crippen molar-refractivity contribution in [3.8, 4) is 0 Å². The molecule has 4 rings (SSSR count). The minimum atomic E-state index is 0.143. The van der Waals surface area contributed by atoms with E-state index in [4.69, 9.17) is 0 Å². The summed E-state index contributed by atoms with van der Waals surface area (Å²) in [4.78, 5) is 17.1. The topological polar surface area (TPSA) is 47.6 Å². The molecule has 2 N–H and O–H groups in total. The van der Waals surface area contributed by atoms with Crippen LogP contribution >= 0.6 is 0 Å². The Morgan fingerprint density at radius 2 is 1.62 bits per heavy atom. The first-order valence-corrected chi connectivity index (χ1v) is 9.37. The highest BCUT2D eigenvalue weighted by Gasteiger charge is 2.32. The van der Waals surface area contributed by atoms with Crippen LogP contribution in [-0.4, -0.2) is 48.1 Å². The molecule has 2 heterocycles. The molecule has 5 nitrogen and oxygen atoms in total. The number of hydrogen-bond donors (Lipinski definition) is 2. The molecule has 0 bridgehead atoms. The molecule has 0 spiro atoms. The number of amides is 1. The first-order valence-electron chi connectivity index (χ1n) is 9.37. The Morgan fingerprint density at radius 3 is 2.31 bits per heavy atom. The van der Waals surface area contributed by atoms with Gasteiger partial charge in [0.1, 0.15) is 0 Å². The maximum Gasteiger partial charge on any atom is 0.253 e. The van der Waals surface area contributed by atoms with Gasteiger partial charge in [-0.25, -0.2) is 10.9 Å². The number of piperazine rings is 1. The lowest BCUT2D eigenvalue weighted by Gasteiger charge is -2.37. The van der Waals surface area contributed by atoms with Gasteiger partial charge in [0.05, 0.1) is 6.17 Å². The number of hydrogen-bond acceptors (Lipinski definition) is 4. The standard InChI is InChI=1S/C21H26N4O/c1-16-7-9-18(10-8-16)21(26)25-13-11-24(12-14-25)20-15-19(22-23-20)17-5-3-2-4-6-17/h2-10,19-20,22-23H,11-15H2,1H3. The maximum absolute atomic E-state index is 12.7. The van der Waals surface area contributed by atoms with Gasteiger partial charge in [0.25, 0.3) is 5.91 Å². The van der Waals surface area contributed by atoms with E-state index >= 15 is 0 Å². The lowest BCUT2D eigenvalue weighted by atomic mass is 10.0. The number of carbonyl (C=O) groups is 1. The minimum absolute atomic E-state index is 0.143. The fourth-order valence-corrected chi connectivity index (χ4v) is 3.80. The first-order chi connectivity index (χ1) is 12.7. The molecule has 0 aliphatic carbocycles. The Labute approximate surface area is 155 Å². The van der Waals surface area contributed by atoms with Gasteiger partial charge >= 0.3 is 0 Å². The molecule has 0 aromatic heterocycles. The van der Waals surface area contributed by atoms with Crippen molar-refractivity contribution in [1.29, 1.82) is 0 Å². The summed E-state index contributed by atoms with van der Waals surface area (Å²) in [5.74, 6) is 0.143. The molecule has 26 heavy (non-hydrogen) atoms. The van der Waals surface area contributed by atoms with Crippen molar-refractivity contribution in [3.05, 3.63) is 71.3 Å². The molecule has 2 atom stereocenters. The molecule has 2 saturated heterocycles. The highest BCUT2D eigenvalue weighted by Crippen LogP contribution is 2.24. The second kappa shape index (κ2) is 7.58. The minimum Gasteiger partial charge on any atom is -0.336 e. The Morgan fingerprint density at radius 1 is 0.923 bits per heavy atom. The third-order valence-corrected chi connectivity index (χ3v) is 5.43. The van der Waals surface area contributed by atoms with Crippen LogP contribution in [0.3, 0.4) is 0 Å². The zero-order valence-electron chi connectivity index (χ0n) is 15.2. The smallest absolute Gasteiger partial charge is 0.253 e. The predicted molar refractivity (Wildman–Crippen MR) is 103 cm³/mol. The summed E-state index contributed by atoms with van der Waals surface area (Å²) in [6.45, 7) is 5.40. The largest absolute Gasteiger partial charge is 0.336 e. The second-order valence-electron chi connectivity index (χ2n) is 7.20. The van der Waals surface area contributed by atoms with Crippen LogP contribution in [0.1, 0.15) is 33.9 Å². The molecule has 2 aromatic carbocycles. The zero-order chi connectivity index (χ0) is 17.9. The average Bonchev–Trinajstić information content (AvgIpc) is 3.19. The van der Waals surface area contributed by atoms with Crippen LogP contribution in [0.4, 0.5) is 0 Å². The van der Waals surface area contributed by atoms with Crippen molar-refractivity contribution in [1.82, 2.24) is 20.7 Å². The molecule has 2 unspecified atom stereocenters. The quantitative estimate of drug-likeness (QED) is 0.892. The van der Waals surface area contributed by atoms with Gasteiger partial charge in [-0.1, -0.05) is 48.0 Å². The number of rotatable bonds is 3. The summed E-state index contributed by atoms with van der Waals surface area (Å²) in [6.07, 6.45) is 1.35. The van der Waals surface area contributed by atoms with Gasteiger partial charge in [0.2, 0.25) is 0 Å². The van der Waals surface area contributed by atoms with Crippen LogP contribution in [0.2, 0.25) is 0 Å². The normalized spacial score (nSPS) is 24.0. The monoisotopic (exact) mass is 350 g/mol. The number of aryl methyl sites for hydroxylation is 1. The molecule has 2 aliphatic rings. The van der Waals surface area contributed by atoms with E-state index in [0.29, 0.717) is 12.2 Å². The number of benzene rings is 2. The van der Waals surface area contributed by atoms with Crippen LogP contribution in [0.25, 0.3) is 0 Å². The molecule has 0 saturated carbocycles. The van der Waals surface area contributed by atoms with Gasteiger partial charge in [-0.3, -0.25) is 9.69 Å². The Kier molecular flexibility index (Phi) is 5.02. The third kappa shape index (κ3) is 3.65. The van der Waals surface area contributed by atoms with Crippen LogP contribution in [0.5, 0.6) is 0 Å². The van der Waals surface area contributed by atoms with Gasteiger partial charge in [0.15, 0.2) is 0 Å². The summed E-state index contributed by atoms with van der Waals surface area (Å²) in [5.41, 5.74) is 10.1. The number of nitrogens with zero attached hydrogens (tertiary/aromatic N) is 2. The van der Waals surface area contributed by atoms with E-state index in [2.05, 4.69) is 40.0 Å². The number of carbonyl (C=O) groups excluding carboxylic acids is 1. The molecular formula is C21H26N4O. The molecule has 2 aromatic rings. The summed E-state index contributed by atoms with van der Waals surface area (Å²) in [6, 6.07) is 18.7. The van der Waals surface area contributed by atoms with Crippen LogP contribution < -0.4 is 10.9 Å². The Bertz CT molecular complexity index is 738. The van der Waals surface area contributed by atoms with Crippen LogP contribution in [0, 0.1) is 6.92 Å². The van der Waals surface area contributed by atoms with Gasteiger partial charge in [0, 0.05) is 37.8 Å². The Balaban J connectivity index is 1.31. The third-order valence-electron chi connectivity index (χ3n) is 5.43.